The van der Waals surface area contributed by atoms with Gasteiger partial charge in [0.15, 0.2) is 0 Å². The molecule has 19 heavy (non-hydrogen) atoms. The zero-order valence-electron chi connectivity index (χ0n) is 9.87. The van der Waals surface area contributed by atoms with Crippen LogP contribution < -0.4 is 4.74 Å². The Bertz CT molecular complexity index is 588. The number of hydrogen-bond donors (Lipinski definition) is 1. The number of ether oxygens (including phenoxy) is 1. The first-order valence-electron chi connectivity index (χ1n) is 5.56. The van der Waals surface area contributed by atoms with Crippen molar-refractivity contribution in [2.75, 3.05) is 0 Å². The SMILES string of the molecule is OCc1cc(Br)ccc1OCc1ccc(Cl)c(Cl)c1. The highest BCUT2D eigenvalue weighted by molar-refractivity contribution is 9.10. The van der Waals surface area contributed by atoms with E-state index in [9.17, 15) is 5.11 Å². The molecule has 0 heterocycles. The van der Waals surface area contributed by atoms with Crippen LogP contribution in [0.4, 0.5) is 0 Å². The molecule has 5 heteroatoms. The van der Waals surface area contributed by atoms with Crippen molar-refractivity contribution in [3.63, 3.8) is 0 Å². The third-order valence-corrected chi connectivity index (χ3v) is 3.80. The van der Waals surface area contributed by atoms with Crippen molar-refractivity contribution in [2.24, 2.45) is 0 Å². The van der Waals surface area contributed by atoms with Crippen LogP contribution in [0.15, 0.2) is 40.9 Å². The lowest BCUT2D eigenvalue weighted by Crippen LogP contribution is -1.99. The molecule has 0 aliphatic carbocycles. The topological polar surface area (TPSA) is 29.5 Å². The Morgan fingerprint density at radius 2 is 1.84 bits per heavy atom. The third-order valence-electron chi connectivity index (χ3n) is 2.57. The van der Waals surface area contributed by atoms with E-state index in [2.05, 4.69) is 15.9 Å². The lowest BCUT2D eigenvalue weighted by atomic mass is 10.2. The molecule has 1 N–H and O–H groups in total. The fourth-order valence-corrected chi connectivity index (χ4v) is 2.33. The Hall–Kier alpha value is -0.740. The largest absolute Gasteiger partial charge is 0.489 e. The van der Waals surface area contributed by atoms with Gasteiger partial charge in [0.05, 0.1) is 16.7 Å². The van der Waals surface area contributed by atoms with Crippen LogP contribution in [0.2, 0.25) is 10.0 Å². The second-order valence-corrected chi connectivity index (χ2v) is 5.68. The summed E-state index contributed by atoms with van der Waals surface area (Å²) in [6.07, 6.45) is 0. The van der Waals surface area contributed by atoms with E-state index in [1.165, 1.54) is 0 Å². The van der Waals surface area contributed by atoms with Gasteiger partial charge in [-0.1, -0.05) is 45.2 Å². The summed E-state index contributed by atoms with van der Waals surface area (Å²) in [6.45, 7) is 0.293. The predicted molar refractivity (Wildman–Crippen MR) is 80.9 cm³/mol. The summed E-state index contributed by atoms with van der Waals surface area (Å²) < 4.78 is 6.58. The van der Waals surface area contributed by atoms with Gasteiger partial charge in [0.2, 0.25) is 0 Å². The van der Waals surface area contributed by atoms with E-state index in [0.717, 1.165) is 15.6 Å². The summed E-state index contributed by atoms with van der Waals surface area (Å²) in [5.74, 6) is 0.650. The molecule has 0 aromatic heterocycles. The van der Waals surface area contributed by atoms with Gasteiger partial charge in [-0.3, -0.25) is 0 Å². The second kappa shape index (κ2) is 6.62. The smallest absolute Gasteiger partial charge is 0.125 e. The average Bonchev–Trinajstić information content (AvgIpc) is 2.41. The Morgan fingerprint density at radius 1 is 1.05 bits per heavy atom. The molecule has 0 radical (unpaired) electrons. The van der Waals surface area contributed by atoms with Gasteiger partial charge >= 0.3 is 0 Å². The minimum atomic E-state index is -0.0733. The van der Waals surface area contributed by atoms with Crippen LogP contribution in [0.25, 0.3) is 0 Å². The number of aliphatic hydroxyl groups is 1. The molecule has 0 unspecified atom stereocenters. The Morgan fingerprint density at radius 3 is 2.53 bits per heavy atom. The number of rotatable bonds is 4. The second-order valence-electron chi connectivity index (χ2n) is 3.95. The van der Waals surface area contributed by atoms with Crippen LogP contribution in [0, 0.1) is 0 Å². The van der Waals surface area contributed by atoms with E-state index in [1.54, 1.807) is 12.1 Å². The van der Waals surface area contributed by atoms with Crippen molar-refractivity contribution in [3.8, 4) is 5.75 Å². The third kappa shape index (κ3) is 3.86. The summed E-state index contributed by atoms with van der Waals surface area (Å²) in [6, 6.07) is 10.9. The number of aliphatic hydroxyl groups excluding tert-OH is 1. The van der Waals surface area contributed by atoms with Gasteiger partial charge in [-0.15, -0.1) is 0 Å². The van der Waals surface area contributed by atoms with Gasteiger partial charge in [-0.25, -0.2) is 0 Å². The molecule has 2 aromatic carbocycles. The zero-order valence-corrected chi connectivity index (χ0v) is 13.0. The fraction of sp³-hybridized carbons (Fsp3) is 0.143. The highest BCUT2D eigenvalue weighted by atomic mass is 79.9. The van der Waals surface area contributed by atoms with Crippen LogP contribution in [-0.4, -0.2) is 5.11 Å². The van der Waals surface area contributed by atoms with E-state index in [0.29, 0.717) is 22.4 Å². The van der Waals surface area contributed by atoms with Crippen molar-refractivity contribution in [1.29, 1.82) is 0 Å². The molecule has 0 amide bonds. The molecule has 0 spiro atoms. The van der Waals surface area contributed by atoms with Gasteiger partial charge in [0.25, 0.3) is 0 Å². The van der Waals surface area contributed by atoms with Gasteiger partial charge < -0.3 is 9.84 Å². The van der Waals surface area contributed by atoms with Crippen molar-refractivity contribution in [3.05, 3.63) is 62.0 Å². The minimum absolute atomic E-state index is 0.0733. The maximum absolute atomic E-state index is 9.28. The Kier molecular flexibility index (Phi) is 5.11. The van der Waals surface area contributed by atoms with E-state index in [-0.39, 0.29) is 6.61 Å². The molecule has 0 aliphatic heterocycles. The minimum Gasteiger partial charge on any atom is -0.489 e. The number of benzene rings is 2. The molecule has 2 nitrogen and oxygen atoms in total. The van der Waals surface area contributed by atoms with E-state index in [4.69, 9.17) is 27.9 Å². The maximum Gasteiger partial charge on any atom is 0.125 e. The molecule has 0 fully saturated rings. The van der Waals surface area contributed by atoms with Gasteiger partial charge in [0, 0.05) is 10.0 Å². The van der Waals surface area contributed by atoms with E-state index >= 15 is 0 Å². The van der Waals surface area contributed by atoms with Crippen molar-refractivity contribution >= 4 is 39.1 Å². The highest BCUT2D eigenvalue weighted by Gasteiger charge is 2.05. The lowest BCUT2D eigenvalue weighted by Gasteiger charge is -2.11. The molecule has 2 aromatic rings. The van der Waals surface area contributed by atoms with Crippen molar-refractivity contribution < 1.29 is 9.84 Å². The van der Waals surface area contributed by atoms with Crippen LogP contribution in [0.3, 0.4) is 0 Å². The molecular formula is C14H11BrCl2O2. The molecule has 0 saturated carbocycles. The first-order chi connectivity index (χ1) is 9.10. The predicted octanol–water partition coefficient (Wildman–Crippen LogP) is 4.83. The quantitative estimate of drug-likeness (QED) is 0.845. The molecular weight excluding hydrogens is 351 g/mol. The van der Waals surface area contributed by atoms with E-state index < -0.39 is 0 Å². The van der Waals surface area contributed by atoms with Crippen molar-refractivity contribution in [2.45, 2.75) is 13.2 Å². The van der Waals surface area contributed by atoms with Gasteiger partial charge in [-0.2, -0.15) is 0 Å². The lowest BCUT2D eigenvalue weighted by molar-refractivity contribution is 0.259. The fourth-order valence-electron chi connectivity index (χ4n) is 1.60. The van der Waals surface area contributed by atoms with Gasteiger partial charge in [-0.05, 0) is 35.9 Å². The Labute approximate surface area is 130 Å². The first kappa shape index (κ1) is 14.7. The Balaban J connectivity index is 2.12. The van der Waals surface area contributed by atoms with Gasteiger partial charge in [0.1, 0.15) is 12.4 Å². The first-order valence-corrected chi connectivity index (χ1v) is 7.11. The summed E-state index contributed by atoms with van der Waals surface area (Å²) >= 11 is 15.1. The monoisotopic (exact) mass is 360 g/mol. The molecule has 0 saturated heterocycles. The van der Waals surface area contributed by atoms with Crippen LogP contribution in [0.1, 0.15) is 11.1 Å². The van der Waals surface area contributed by atoms with Crippen molar-refractivity contribution in [1.82, 2.24) is 0 Å². The summed E-state index contributed by atoms with van der Waals surface area (Å²) in [7, 11) is 0. The zero-order chi connectivity index (χ0) is 13.8. The normalized spacial score (nSPS) is 10.5. The van der Waals surface area contributed by atoms with Crippen LogP contribution in [0.5, 0.6) is 5.75 Å². The van der Waals surface area contributed by atoms with E-state index in [1.807, 2.05) is 24.3 Å². The summed E-state index contributed by atoms with van der Waals surface area (Å²) in [5, 5.41) is 10.3. The molecule has 0 atom stereocenters. The summed E-state index contributed by atoms with van der Waals surface area (Å²) in [4.78, 5) is 0. The molecule has 2 rings (SSSR count). The molecule has 0 bridgehead atoms. The van der Waals surface area contributed by atoms with Crippen LogP contribution >= 0.6 is 39.1 Å². The summed E-state index contributed by atoms with van der Waals surface area (Å²) in [5.41, 5.74) is 1.65. The van der Waals surface area contributed by atoms with Crippen LogP contribution in [-0.2, 0) is 13.2 Å². The maximum atomic E-state index is 9.28. The molecule has 0 aliphatic rings. The highest BCUT2D eigenvalue weighted by Crippen LogP contribution is 2.26. The average molecular weight is 362 g/mol. The molecule has 100 valence electrons. The number of halogens is 3. The standard InChI is InChI=1S/C14H11BrCl2O2/c15-11-2-4-14(10(6-11)7-18)19-8-9-1-3-12(16)13(17)5-9/h1-6,18H,7-8H2. The number of hydrogen-bond acceptors (Lipinski definition) is 2.